The van der Waals surface area contributed by atoms with Crippen LogP contribution in [0.3, 0.4) is 0 Å². The Hall–Kier alpha value is -2.50. The maximum atomic E-state index is 11.5. The van der Waals surface area contributed by atoms with Gasteiger partial charge < -0.3 is 9.47 Å². The van der Waals surface area contributed by atoms with Crippen molar-refractivity contribution in [3.63, 3.8) is 0 Å². The summed E-state index contributed by atoms with van der Waals surface area (Å²) in [7, 11) is 0. The zero-order valence-electron chi connectivity index (χ0n) is 11.1. The van der Waals surface area contributed by atoms with Gasteiger partial charge in [-0.1, -0.05) is 6.58 Å². The minimum Gasteiger partial charge on any atom is -0.462 e. The molecule has 20 heavy (non-hydrogen) atoms. The lowest BCUT2D eigenvalue weighted by molar-refractivity contribution is -0.142. The number of esters is 3. The van der Waals surface area contributed by atoms with Crippen molar-refractivity contribution < 1.29 is 23.9 Å². The second-order valence-electron chi connectivity index (χ2n) is 4.02. The molecule has 0 spiro atoms. The molecule has 0 atom stereocenters. The van der Waals surface area contributed by atoms with Crippen LogP contribution in [0.1, 0.15) is 30.1 Å². The standard InChI is InChI=1S/C14H15NO5/c1-10(2)13(17)19-8-4-6-12(16)20-14(18)11-5-3-7-15-9-11/h3,5,7,9H,1,4,6,8H2,2H3. The summed E-state index contributed by atoms with van der Waals surface area (Å²) in [6.07, 6.45) is 3.08. The maximum absolute atomic E-state index is 11.5. The summed E-state index contributed by atoms with van der Waals surface area (Å²) in [5, 5.41) is 0. The van der Waals surface area contributed by atoms with Crippen LogP contribution in [0.15, 0.2) is 36.7 Å². The number of hydrogen-bond acceptors (Lipinski definition) is 6. The molecular formula is C14H15NO5. The molecule has 1 aromatic heterocycles. The zero-order chi connectivity index (χ0) is 15.0. The lowest BCUT2D eigenvalue weighted by Crippen LogP contribution is -2.14. The molecule has 0 aromatic carbocycles. The molecule has 106 valence electrons. The quantitative estimate of drug-likeness (QED) is 0.340. The normalized spacial score (nSPS) is 9.65. The molecule has 0 bridgehead atoms. The van der Waals surface area contributed by atoms with E-state index in [1.807, 2.05) is 0 Å². The summed E-state index contributed by atoms with van der Waals surface area (Å²) in [4.78, 5) is 37.7. The highest BCUT2D eigenvalue weighted by Gasteiger charge is 2.13. The van der Waals surface area contributed by atoms with Crippen molar-refractivity contribution in [3.05, 3.63) is 42.2 Å². The predicted octanol–water partition coefficient (Wildman–Crippen LogP) is 1.66. The van der Waals surface area contributed by atoms with Crippen LogP contribution in [0.4, 0.5) is 0 Å². The van der Waals surface area contributed by atoms with E-state index in [4.69, 9.17) is 4.74 Å². The lowest BCUT2D eigenvalue weighted by Gasteiger charge is -2.04. The number of aromatic nitrogens is 1. The molecule has 0 N–H and O–H groups in total. The van der Waals surface area contributed by atoms with Crippen LogP contribution in [0, 0.1) is 0 Å². The van der Waals surface area contributed by atoms with E-state index >= 15 is 0 Å². The van der Waals surface area contributed by atoms with Crippen LogP contribution in [0.5, 0.6) is 0 Å². The number of pyridine rings is 1. The third kappa shape index (κ3) is 5.43. The monoisotopic (exact) mass is 277 g/mol. The van der Waals surface area contributed by atoms with E-state index in [-0.39, 0.29) is 25.0 Å². The van der Waals surface area contributed by atoms with Gasteiger partial charge in [-0.25, -0.2) is 9.59 Å². The highest BCUT2D eigenvalue weighted by molar-refractivity contribution is 5.96. The summed E-state index contributed by atoms with van der Waals surface area (Å²) in [6, 6.07) is 3.06. The third-order valence-electron chi connectivity index (χ3n) is 2.21. The summed E-state index contributed by atoms with van der Waals surface area (Å²) < 4.78 is 9.42. The van der Waals surface area contributed by atoms with Crippen molar-refractivity contribution in [2.45, 2.75) is 19.8 Å². The van der Waals surface area contributed by atoms with Gasteiger partial charge in [0.05, 0.1) is 12.2 Å². The van der Waals surface area contributed by atoms with E-state index in [1.165, 1.54) is 25.4 Å². The van der Waals surface area contributed by atoms with Crippen molar-refractivity contribution in [1.82, 2.24) is 4.98 Å². The number of carbonyl (C=O) groups is 3. The number of rotatable bonds is 6. The molecule has 1 heterocycles. The summed E-state index contributed by atoms with van der Waals surface area (Å²) in [5.41, 5.74) is 0.494. The van der Waals surface area contributed by atoms with Crippen molar-refractivity contribution in [3.8, 4) is 0 Å². The molecule has 0 fully saturated rings. The van der Waals surface area contributed by atoms with Crippen LogP contribution < -0.4 is 0 Å². The summed E-state index contributed by atoms with van der Waals surface area (Å²) in [5.74, 6) is -1.93. The third-order valence-corrected chi connectivity index (χ3v) is 2.21. The fourth-order valence-electron chi connectivity index (χ4n) is 1.20. The van der Waals surface area contributed by atoms with Gasteiger partial charge >= 0.3 is 17.9 Å². The smallest absolute Gasteiger partial charge is 0.347 e. The van der Waals surface area contributed by atoms with Gasteiger partial charge in [0.15, 0.2) is 0 Å². The molecule has 0 radical (unpaired) electrons. The first-order valence-electron chi connectivity index (χ1n) is 5.98. The minimum absolute atomic E-state index is 0.0184. The highest BCUT2D eigenvalue weighted by atomic mass is 16.6. The molecule has 0 amide bonds. The van der Waals surface area contributed by atoms with E-state index in [1.54, 1.807) is 6.07 Å². The van der Waals surface area contributed by atoms with Crippen LogP contribution in [-0.4, -0.2) is 29.5 Å². The molecule has 0 aliphatic rings. The van der Waals surface area contributed by atoms with Gasteiger partial charge in [-0.15, -0.1) is 0 Å². The van der Waals surface area contributed by atoms with Gasteiger partial charge in [-0.05, 0) is 25.5 Å². The van der Waals surface area contributed by atoms with E-state index in [2.05, 4.69) is 16.3 Å². The van der Waals surface area contributed by atoms with Gasteiger partial charge in [-0.3, -0.25) is 9.78 Å². The zero-order valence-corrected chi connectivity index (χ0v) is 11.1. The fraction of sp³-hybridized carbons (Fsp3) is 0.286. The van der Waals surface area contributed by atoms with E-state index < -0.39 is 17.9 Å². The molecule has 1 aromatic rings. The Morgan fingerprint density at radius 2 is 2.10 bits per heavy atom. The van der Waals surface area contributed by atoms with Crippen molar-refractivity contribution in [1.29, 1.82) is 0 Å². The number of nitrogens with zero attached hydrogens (tertiary/aromatic N) is 1. The van der Waals surface area contributed by atoms with Crippen LogP contribution >= 0.6 is 0 Å². The Labute approximate surface area is 116 Å². The lowest BCUT2D eigenvalue weighted by atomic mass is 10.3. The van der Waals surface area contributed by atoms with Gasteiger partial charge in [0, 0.05) is 24.4 Å². The van der Waals surface area contributed by atoms with E-state index in [0.29, 0.717) is 5.57 Å². The summed E-state index contributed by atoms with van der Waals surface area (Å²) in [6.45, 7) is 5.03. The Kier molecular flexibility index (Phi) is 6.09. The molecular weight excluding hydrogens is 262 g/mol. The topological polar surface area (TPSA) is 82.6 Å². The Morgan fingerprint density at radius 1 is 1.35 bits per heavy atom. The second-order valence-corrected chi connectivity index (χ2v) is 4.02. The van der Waals surface area contributed by atoms with Gasteiger partial charge in [-0.2, -0.15) is 0 Å². The van der Waals surface area contributed by atoms with Crippen molar-refractivity contribution in [2.75, 3.05) is 6.61 Å². The van der Waals surface area contributed by atoms with Gasteiger partial charge in [0.2, 0.25) is 0 Å². The molecule has 0 unspecified atom stereocenters. The summed E-state index contributed by atoms with van der Waals surface area (Å²) >= 11 is 0. The Morgan fingerprint density at radius 3 is 2.70 bits per heavy atom. The van der Waals surface area contributed by atoms with Crippen LogP contribution in [0.2, 0.25) is 0 Å². The number of ether oxygens (including phenoxy) is 2. The minimum atomic E-state index is -0.748. The molecule has 0 saturated carbocycles. The van der Waals surface area contributed by atoms with Crippen LogP contribution in [0.25, 0.3) is 0 Å². The molecule has 0 aliphatic carbocycles. The van der Waals surface area contributed by atoms with E-state index in [0.717, 1.165) is 0 Å². The first-order chi connectivity index (χ1) is 9.50. The Balaban J connectivity index is 2.26. The first kappa shape index (κ1) is 15.6. The second kappa shape index (κ2) is 7.83. The molecule has 6 heteroatoms. The Bertz CT molecular complexity index is 510. The highest BCUT2D eigenvalue weighted by Crippen LogP contribution is 2.02. The SMILES string of the molecule is C=C(C)C(=O)OCCCC(=O)OC(=O)c1cccnc1. The van der Waals surface area contributed by atoms with Gasteiger partial charge in [0.1, 0.15) is 0 Å². The molecule has 6 nitrogen and oxygen atoms in total. The number of hydrogen-bond donors (Lipinski definition) is 0. The number of carbonyl (C=O) groups excluding carboxylic acids is 3. The van der Waals surface area contributed by atoms with E-state index in [9.17, 15) is 14.4 Å². The predicted molar refractivity (Wildman–Crippen MR) is 69.7 cm³/mol. The maximum Gasteiger partial charge on any atom is 0.347 e. The average molecular weight is 277 g/mol. The van der Waals surface area contributed by atoms with Crippen molar-refractivity contribution in [2.24, 2.45) is 0 Å². The molecule has 0 aliphatic heterocycles. The van der Waals surface area contributed by atoms with Crippen LogP contribution in [-0.2, 0) is 19.1 Å². The first-order valence-corrected chi connectivity index (χ1v) is 5.98. The average Bonchev–Trinajstić information content (AvgIpc) is 2.44. The largest absolute Gasteiger partial charge is 0.462 e. The fourth-order valence-corrected chi connectivity index (χ4v) is 1.20. The molecule has 1 rings (SSSR count). The van der Waals surface area contributed by atoms with Crippen molar-refractivity contribution >= 4 is 17.9 Å². The molecule has 0 saturated heterocycles. The van der Waals surface area contributed by atoms with Gasteiger partial charge in [0.25, 0.3) is 0 Å².